The second-order valence-corrected chi connectivity index (χ2v) is 3.61. The van der Waals surface area contributed by atoms with Gasteiger partial charge in [0.25, 0.3) is 5.91 Å². The molecular weight excluding hydrogens is 226 g/mol. The van der Waals surface area contributed by atoms with Crippen LogP contribution in [0.5, 0.6) is 0 Å². The number of hydrogen-bond donors (Lipinski definition) is 2. The van der Waals surface area contributed by atoms with Crippen molar-refractivity contribution >= 4 is 5.91 Å². The van der Waals surface area contributed by atoms with E-state index in [9.17, 15) is 13.6 Å². The molecule has 1 amide bonds. The molecule has 0 fully saturated rings. The number of benzene rings is 1. The highest BCUT2D eigenvalue weighted by atomic mass is 19.2. The molecule has 17 heavy (non-hydrogen) atoms. The van der Waals surface area contributed by atoms with E-state index in [2.05, 4.69) is 10.6 Å². The molecule has 0 bridgehead atoms. The predicted molar refractivity (Wildman–Crippen MR) is 61.9 cm³/mol. The number of hydrogen-bond acceptors (Lipinski definition) is 2. The molecule has 0 aromatic heterocycles. The van der Waals surface area contributed by atoms with E-state index in [0.29, 0.717) is 13.1 Å². The third-order valence-corrected chi connectivity index (χ3v) is 2.21. The van der Waals surface area contributed by atoms with Crippen molar-refractivity contribution in [3.8, 4) is 0 Å². The molecule has 2 N–H and O–H groups in total. The van der Waals surface area contributed by atoms with E-state index < -0.39 is 17.5 Å². The van der Waals surface area contributed by atoms with Gasteiger partial charge in [0.2, 0.25) is 0 Å². The van der Waals surface area contributed by atoms with Crippen molar-refractivity contribution < 1.29 is 13.6 Å². The summed E-state index contributed by atoms with van der Waals surface area (Å²) in [6.45, 7) is 3.89. The maximum absolute atomic E-state index is 13.2. The summed E-state index contributed by atoms with van der Waals surface area (Å²) in [6, 6.07) is 3.55. The first-order valence-corrected chi connectivity index (χ1v) is 5.59. The summed E-state index contributed by atoms with van der Waals surface area (Å²) in [4.78, 5) is 11.5. The summed E-state index contributed by atoms with van der Waals surface area (Å²) >= 11 is 0. The second kappa shape index (κ2) is 6.96. The Morgan fingerprint density at radius 3 is 2.71 bits per heavy atom. The van der Waals surface area contributed by atoms with Gasteiger partial charge in [-0.1, -0.05) is 13.0 Å². The molecule has 0 saturated carbocycles. The standard InChI is InChI=1S/C12H16F2N2O/c1-2-6-15-7-8-16-12(17)9-4-3-5-10(13)11(9)14/h3-5,15H,2,6-8H2,1H3,(H,16,17). The Morgan fingerprint density at radius 1 is 1.24 bits per heavy atom. The van der Waals surface area contributed by atoms with Gasteiger partial charge in [0.15, 0.2) is 11.6 Å². The van der Waals surface area contributed by atoms with Gasteiger partial charge >= 0.3 is 0 Å². The molecule has 3 nitrogen and oxygen atoms in total. The summed E-state index contributed by atoms with van der Waals surface area (Å²) in [5, 5.41) is 5.60. The summed E-state index contributed by atoms with van der Waals surface area (Å²) in [5.74, 6) is -2.71. The van der Waals surface area contributed by atoms with Crippen LogP contribution < -0.4 is 10.6 Å². The minimum absolute atomic E-state index is 0.263. The smallest absolute Gasteiger partial charge is 0.254 e. The summed E-state index contributed by atoms with van der Waals surface area (Å²) in [6.07, 6.45) is 1.01. The lowest BCUT2D eigenvalue weighted by atomic mass is 10.2. The third kappa shape index (κ3) is 4.11. The lowest BCUT2D eigenvalue weighted by Gasteiger charge is -2.07. The minimum Gasteiger partial charge on any atom is -0.351 e. The average molecular weight is 242 g/mol. The molecule has 0 saturated heterocycles. The van der Waals surface area contributed by atoms with Crippen LogP contribution in [0.3, 0.4) is 0 Å². The quantitative estimate of drug-likeness (QED) is 0.745. The van der Waals surface area contributed by atoms with Crippen molar-refractivity contribution in [3.63, 3.8) is 0 Å². The van der Waals surface area contributed by atoms with Gasteiger partial charge in [-0.15, -0.1) is 0 Å². The van der Waals surface area contributed by atoms with Gasteiger partial charge in [0.1, 0.15) is 0 Å². The van der Waals surface area contributed by atoms with Crippen LogP contribution in [0.2, 0.25) is 0 Å². The number of halogens is 2. The van der Waals surface area contributed by atoms with Crippen molar-refractivity contribution in [2.24, 2.45) is 0 Å². The van der Waals surface area contributed by atoms with Crippen LogP contribution in [0.1, 0.15) is 23.7 Å². The van der Waals surface area contributed by atoms with Gasteiger partial charge in [-0.2, -0.15) is 0 Å². The molecule has 1 aromatic carbocycles. The Labute approximate surface area is 99.2 Å². The van der Waals surface area contributed by atoms with Crippen molar-refractivity contribution in [3.05, 3.63) is 35.4 Å². The van der Waals surface area contributed by atoms with Gasteiger partial charge in [0, 0.05) is 13.1 Å². The molecule has 0 radical (unpaired) electrons. The van der Waals surface area contributed by atoms with Crippen LogP contribution in [0.25, 0.3) is 0 Å². The van der Waals surface area contributed by atoms with E-state index in [1.165, 1.54) is 12.1 Å². The fraction of sp³-hybridized carbons (Fsp3) is 0.417. The van der Waals surface area contributed by atoms with Gasteiger partial charge < -0.3 is 10.6 Å². The minimum atomic E-state index is -1.11. The van der Waals surface area contributed by atoms with Crippen LogP contribution in [0.15, 0.2) is 18.2 Å². The van der Waals surface area contributed by atoms with Crippen LogP contribution in [-0.4, -0.2) is 25.5 Å². The average Bonchev–Trinajstić information content (AvgIpc) is 2.32. The molecule has 0 heterocycles. The Kier molecular flexibility index (Phi) is 5.56. The molecule has 0 aliphatic carbocycles. The molecule has 94 valence electrons. The molecule has 0 aliphatic rings. The molecule has 1 rings (SSSR count). The molecular formula is C12H16F2N2O. The van der Waals surface area contributed by atoms with E-state index >= 15 is 0 Å². The van der Waals surface area contributed by atoms with E-state index in [0.717, 1.165) is 19.0 Å². The van der Waals surface area contributed by atoms with Crippen LogP contribution in [0.4, 0.5) is 8.78 Å². The van der Waals surface area contributed by atoms with Crippen LogP contribution >= 0.6 is 0 Å². The topological polar surface area (TPSA) is 41.1 Å². The van der Waals surface area contributed by atoms with E-state index in [4.69, 9.17) is 0 Å². The molecule has 0 aliphatic heterocycles. The Bertz CT molecular complexity index is 383. The second-order valence-electron chi connectivity index (χ2n) is 3.61. The van der Waals surface area contributed by atoms with Crippen molar-refractivity contribution in [1.29, 1.82) is 0 Å². The zero-order valence-electron chi connectivity index (χ0n) is 9.72. The SMILES string of the molecule is CCCNCCNC(=O)c1cccc(F)c1F. The van der Waals surface area contributed by atoms with Crippen molar-refractivity contribution in [2.75, 3.05) is 19.6 Å². The highest BCUT2D eigenvalue weighted by Crippen LogP contribution is 2.10. The largest absolute Gasteiger partial charge is 0.351 e. The maximum atomic E-state index is 13.2. The Balaban J connectivity index is 2.44. The van der Waals surface area contributed by atoms with E-state index in [-0.39, 0.29) is 5.56 Å². The fourth-order valence-corrected chi connectivity index (χ4v) is 1.34. The molecule has 0 atom stereocenters. The predicted octanol–water partition coefficient (Wildman–Crippen LogP) is 1.69. The van der Waals surface area contributed by atoms with E-state index in [1.54, 1.807) is 0 Å². The molecule has 5 heteroatoms. The number of carbonyl (C=O) groups is 1. The first-order valence-electron chi connectivity index (χ1n) is 5.59. The number of rotatable bonds is 6. The van der Waals surface area contributed by atoms with Gasteiger partial charge in [-0.25, -0.2) is 8.78 Å². The maximum Gasteiger partial charge on any atom is 0.254 e. The molecule has 0 unspecified atom stereocenters. The first kappa shape index (κ1) is 13.6. The normalized spacial score (nSPS) is 10.3. The fourth-order valence-electron chi connectivity index (χ4n) is 1.34. The van der Waals surface area contributed by atoms with Gasteiger partial charge in [-0.3, -0.25) is 4.79 Å². The van der Waals surface area contributed by atoms with Crippen molar-refractivity contribution in [1.82, 2.24) is 10.6 Å². The highest BCUT2D eigenvalue weighted by Gasteiger charge is 2.13. The zero-order chi connectivity index (χ0) is 12.7. The van der Waals surface area contributed by atoms with Crippen LogP contribution in [-0.2, 0) is 0 Å². The Hall–Kier alpha value is -1.49. The first-order chi connectivity index (χ1) is 8.16. The zero-order valence-corrected chi connectivity index (χ0v) is 9.72. The monoisotopic (exact) mass is 242 g/mol. The number of nitrogens with one attached hydrogen (secondary N) is 2. The lowest BCUT2D eigenvalue weighted by Crippen LogP contribution is -2.32. The number of carbonyl (C=O) groups excluding carboxylic acids is 1. The Morgan fingerprint density at radius 2 is 2.00 bits per heavy atom. The summed E-state index contributed by atoms with van der Waals surface area (Å²) in [7, 11) is 0. The lowest BCUT2D eigenvalue weighted by molar-refractivity contribution is 0.0949. The molecule has 0 spiro atoms. The van der Waals surface area contributed by atoms with Gasteiger partial charge in [0.05, 0.1) is 5.56 Å². The van der Waals surface area contributed by atoms with Crippen molar-refractivity contribution in [2.45, 2.75) is 13.3 Å². The number of amides is 1. The van der Waals surface area contributed by atoms with Gasteiger partial charge in [-0.05, 0) is 25.1 Å². The highest BCUT2D eigenvalue weighted by molar-refractivity contribution is 5.94. The third-order valence-electron chi connectivity index (χ3n) is 2.21. The molecule has 1 aromatic rings. The van der Waals surface area contributed by atoms with Crippen LogP contribution in [0, 0.1) is 11.6 Å². The summed E-state index contributed by atoms with van der Waals surface area (Å²) in [5.41, 5.74) is -0.263. The van der Waals surface area contributed by atoms with E-state index in [1.807, 2.05) is 6.92 Å². The summed E-state index contributed by atoms with van der Waals surface area (Å²) < 4.78 is 26.1.